The first-order valence-corrected chi connectivity index (χ1v) is 5.41. The average Bonchev–Trinajstić information content (AvgIpc) is 2.26. The fraction of sp³-hybridized carbons (Fsp3) is 0.455. The van der Waals surface area contributed by atoms with Gasteiger partial charge in [-0.2, -0.15) is 26.3 Å². The minimum absolute atomic E-state index is 0.265. The molecular formula is C11H11F7N2. The summed E-state index contributed by atoms with van der Waals surface area (Å²) in [5.41, 5.74) is 3.64. The van der Waals surface area contributed by atoms with Gasteiger partial charge in [-0.05, 0) is 23.8 Å². The van der Waals surface area contributed by atoms with Crippen molar-refractivity contribution in [1.82, 2.24) is 5.32 Å². The lowest BCUT2D eigenvalue weighted by atomic mass is 10.0. The molecule has 0 fully saturated rings. The largest absolute Gasteiger partial charge is 0.416 e. The van der Waals surface area contributed by atoms with Gasteiger partial charge < -0.3 is 11.1 Å². The monoisotopic (exact) mass is 304 g/mol. The third-order valence-electron chi connectivity index (χ3n) is 2.43. The maximum atomic E-state index is 13.1. The first-order valence-electron chi connectivity index (χ1n) is 5.41. The van der Waals surface area contributed by atoms with Crippen LogP contribution in [0, 0.1) is 5.82 Å². The molecule has 0 radical (unpaired) electrons. The van der Waals surface area contributed by atoms with Gasteiger partial charge in [-0.15, -0.1) is 0 Å². The third-order valence-corrected chi connectivity index (χ3v) is 2.43. The summed E-state index contributed by atoms with van der Waals surface area (Å²) in [5.74, 6) is -1.19. The summed E-state index contributed by atoms with van der Waals surface area (Å²) in [5, 5.41) is 1.95. The Morgan fingerprint density at radius 1 is 1.05 bits per heavy atom. The molecule has 0 amide bonds. The summed E-state index contributed by atoms with van der Waals surface area (Å²) in [4.78, 5) is 0. The molecule has 20 heavy (non-hydrogen) atoms. The van der Waals surface area contributed by atoms with E-state index in [1.165, 1.54) is 0 Å². The zero-order chi connectivity index (χ0) is 15.6. The Labute approximate surface area is 109 Å². The van der Waals surface area contributed by atoms with Crippen molar-refractivity contribution in [2.75, 3.05) is 13.1 Å². The van der Waals surface area contributed by atoms with Crippen LogP contribution in [0.4, 0.5) is 30.7 Å². The van der Waals surface area contributed by atoms with Crippen molar-refractivity contribution in [3.63, 3.8) is 0 Å². The third kappa shape index (κ3) is 4.97. The molecule has 0 saturated heterocycles. The van der Waals surface area contributed by atoms with E-state index >= 15 is 0 Å². The second kappa shape index (κ2) is 5.96. The number of hydrogen-bond donors (Lipinski definition) is 2. The van der Waals surface area contributed by atoms with Gasteiger partial charge in [-0.1, -0.05) is 0 Å². The van der Waals surface area contributed by atoms with Crippen molar-refractivity contribution < 1.29 is 30.7 Å². The van der Waals surface area contributed by atoms with Gasteiger partial charge in [-0.25, -0.2) is 4.39 Å². The molecule has 0 heterocycles. The van der Waals surface area contributed by atoms with Crippen molar-refractivity contribution in [2.45, 2.75) is 18.4 Å². The Kier molecular flexibility index (Phi) is 4.98. The molecule has 1 unspecified atom stereocenters. The number of rotatable bonds is 4. The predicted molar refractivity (Wildman–Crippen MR) is 57.3 cm³/mol. The first kappa shape index (κ1) is 16.7. The van der Waals surface area contributed by atoms with Gasteiger partial charge in [-0.3, -0.25) is 0 Å². The number of nitrogens with one attached hydrogen (secondary N) is 1. The van der Waals surface area contributed by atoms with Crippen LogP contribution in [0.3, 0.4) is 0 Å². The van der Waals surface area contributed by atoms with Gasteiger partial charge in [0.2, 0.25) is 0 Å². The minimum atomic E-state index is -4.79. The van der Waals surface area contributed by atoms with Crippen LogP contribution in [0.5, 0.6) is 0 Å². The number of hydrogen-bond acceptors (Lipinski definition) is 2. The van der Waals surface area contributed by atoms with Crippen molar-refractivity contribution in [1.29, 1.82) is 0 Å². The molecule has 0 bridgehead atoms. The summed E-state index contributed by atoms with van der Waals surface area (Å²) in [6.45, 7) is -1.84. The van der Waals surface area contributed by atoms with Crippen LogP contribution in [0.1, 0.15) is 17.2 Å². The van der Waals surface area contributed by atoms with E-state index in [1.807, 2.05) is 5.32 Å². The molecule has 9 heteroatoms. The Morgan fingerprint density at radius 2 is 1.65 bits per heavy atom. The van der Waals surface area contributed by atoms with E-state index < -0.39 is 42.9 Å². The van der Waals surface area contributed by atoms with E-state index in [1.54, 1.807) is 0 Å². The Morgan fingerprint density at radius 3 is 2.10 bits per heavy atom. The van der Waals surface area contributed by atoms with E-state index in [2.05, 4.69) is 0 Å². The molecule has 0 aromatic heterocycles. The van der Waals surface area contributed by atoms with Gasteiger partial charge in [0.05, 0.1) is 12.1 Å². The molecule has 1 aromatic carbocycles. The molecule has 3 N–H and O–H groups in total. The lowest BCUT2D eigenvalue weighted by Gasteiger charge is -2.20. The highest BCUT2D eigenvalue weighted by molar-refractivity contribution is 5.29. The predicted octanol–water partition coefficient (Wildman–Crippen LogP) is 3.00. The molecule has 1 rings (SSSR count). The number of halogens is 7. The number of benzene rings is 1. The highest BCUT2D eigenvalue weighted by atomic mass is 19.4. The molecule has 0 aliphatic heterocycles. The van der Waals surface area contributed by atoms with Gasteiger partial charge in [0.15, 0.2) is 0 Å². The molecule has 0 saturated carbocycles. The van der Waals surface area contributed by atoms with Gasteiger partial charge in [0, 0.05) is 12.6 Å². The van der Waals surface area contributed by atoms with Crippen LogP contribution >= 0.6 is 0 Å². The van der Waals surface area contributed by atoms with Crippen LogP contribution in [-0.4, -0.2) is 19.3 Å². The van der Waals surface area contributed by atoms with E-state index in [9.17, 15) is 30.7 Å². The quantitative estimate of drug-likeness (QED) is 0.839. The van der Waals surface area contributed by atoms with Gasteiger partial charge >= 0.3 is 12.4 Å². The lowest BCUT2D eigenvalue weighted by molar-refractivity contribution is -0.138. The van der Waals surface area contributed by atoms with Crippen molar-refractivity contribution in [3.8, 4) is 0 Å². The van der Waals surface area contributed by atoms with Crippen LogP contribution in [0.25, 0.3) is 0 Å². The highest BCUT2D eigenvalue weighted by Gasteiger charge is 2.33. The summed E-state index contributed by atoms with van der Waals surface area (Å²) in [6, 6.07) is 0.328. The summed E-state index contributed by atoms with van der Waals surface area (Å²) < 4.78 is 86.8. The Bertz CT molecular complexity index is 453. The Balaban J connectivity index is 3.01. The average molecular weight is 304 g/mol. The van der Waals surface area contributed by atoms with Crippen molar-refractivity contribution >= 4 is 0 Å². The summed E-state index contributed by atoms with van der Waals surface area (Å²) >= 11 is 0. The fourth-order valence-corrected chi connectivity index (χ4v) is 1.55. The molecule has 0 spiro atoms. The van der Waals surface area contributed by atoms with E-state index in [0.717, 1.165) is 6.07 Å². The normalized spacial score (nSPS) is 14.4. The maximum absolute atomic E-state index is 13.1. The first-order chi connectivity index (χ1) is 9.03. The van der Waals surface area contributed by atoms with E-state index in [4.69, 9.17) is 5.73 Å². The standard InChI is InChI=1S/C11H11F7N2/c12-8-2-6(1-7(3-8)11(16,17)18)9(4-19)20-5-10(13,14)15/h1-3,9,20H,4-5,19H2. The number of alkyl halides is 6. The Hall–Kier alpha value is -1.35. The molecule has 2 nitrogen and oxygen atoms in total. The molecule has 0 aliphatic rings. The molecular weight excluding hydrogens is 293 g/mol. The summed E-state index contributed by atoms with van der Waals surface area (Å²) in [6.07, 6.45) is -9.34. The second-order valence-electron chi connectivity index (χ2n) is 4.06. The highest BCUT2D eigenvalue weighted by Crippen LogP contribution is 2.31. The molecule has 1 atom stereocenters. The molecule has 1 aromatic rings. The van der Waals surface area contributed by atoms with Crippen LogP contribution in [0.15, 0.2) is 18.2 Å². The molecule has 114 valence electrons. The second-order valence-corrected chi connectivity index (χ2v) is 4.06. The van der Waals surface area contributed by atoms with Crippen molar-refractivity contribution in [2.24, 2.45) is 5.73 Å². The fourth-order valence-electron chi connectivity index (χ4n) is 1.55. The van der Waals surface area contributed by atoms with Crippen LogP contribution in [0.2, 0.25) is 0 Å². The number of nitrogens with two attached hydrogens (primary N) is 1. The van der Waals surface area contributed by atoms with Crippen LogP contribution < -0.4 is 11.1 Å². The summed E-state index contributed by atoms with van der Waals surface area (Å²) in [7, 11) is 0. The van der Waals surface area contributed by atoms with Gasteiger partial charge in [0.1, 0.15) is 5.82 Å². The molecule has 0 aliphatic carbocycles. The van der Waals surface area contributed by atoms with Crippen LogP contribution in [-0.2, 0) is 6.18 Å². The van der Waals surface area contributed by atoms with E-state index in [-0.39, 0.29) is 11.6 Å². The SMILES string of the molecule is NCC(NCC(F)(F)F)c1cc(F)cc(C(F)(F)F)c1. The topological polar surface area (TPSA) is 38.0 Å². The zero-order valence-corrected chi connectivity index (χ0v) is 9.95. The van der Waals surface area contributed by atoms with E-state index in [0.29, 0.717) is 6.07 Å². The zero-order valence-electron chi connectivity index (χ0n) is 9.95. The van der Waals surface area contributed by atoms with Crippen molar-refractivity contribution in [3.05, 3.63) is 35.1 Å². The smallest absolute Gasteiger partial charge is 0.329 e. The maximum Gasteiger partial charge on any atom is 0.416 e. The van der Waals surface area contributed by atoms with Gasteiger partial charge in [0.25, 0.3) is 0 Å². The minimum Gasteiger partial charge on any atom is -0.329 e. The lowest BCUT2D eigenvalue weighted by Crippen LogP contribution is -2.35.